The second kappa shape index (κ2) is 7.04. The Kier molecular flexibility index (Phi) is 4.48. The molecule has 7 heteroatoms. The van der Waals surface area contributed by atoms with Crippen LogP contribution in [-0.2, 0) is 21.5 Å². The first-order valence-corrected chi connectivity index (χ1v) is 10.4. The number of guanidine groups is 1. The van der Waals surface area contributed by atoms with E-state index in [4.69, 9.17) is 21.7 Å². The highest BCUT2D eigenvalue weighted by Gasteiger charge is 2.51. The van der Waals surface area contributed by atoms with Crippen LogP contribution in [0.15, 0.2) is 42.5 Å². The van der Waals surface area contributed by atoms with Crippen molar-refractivity contribution in [2.75, 3.05) is 18.5 Å². The van der Waals surface area contributed by atoms with Crippen molar-refractivity contribution in [3.05, 3.63) is 58.6 Å². The minimum Gasteiger partial charge on any atom is -0.381 e. The summed E-state index contributed by atoms with van der Waals surface area (Å²) in [6, 6.07) is 13.8. The molecule has 29 heavy (non-hydrogen) atoms. The number of amides is 1. The van der Waals surface area contributed by atoms with Crippen molar-refractivity contribution < 1.29 is 9.53 Å². The number of halogens is 1. The third kappa shape index (κ3) is 3.07. The van der Waals surface area contributed by atoms with Crippen molar-refractivity contribution in [3.63, 3.8) is 0 Å². The molecule has 1 aliphatic carbocycles. The molecule has 0 aromatic heterocycles. The van der Waals surface area contributed by atoms with Crippen LogP contribution in [0.1, 0.15) is 30.4 Å². The SMILES string of the molecule is N=C1N[C@]2(CC(=O)N1C1CCOCC1)Cc1c(Nc3ccccc3Cl)cccc12. The summed E-state index contributed by atoms with van der Waals surface area (Å²) in [5.74, 6) is 0.235. The van der Waals surface area contributed by atoms with Crippen LogP contribution in [0.5, 0.6) is 0 Å². The number of ether oxygens (including phenoxy) is 1. The molecule has 0 radical (unpaired) electrons. The topological polar surface area (TPSA) is 77.5 Å². The second-order valence-corrected chi connectivity index (χ2v) is 8.36. The highest BCUT2D eigenvalue weighted by Crippen LogP contribution is 2.48. The standard InChI is InChI=1S/C22H23ClN4O2/c23-17-5-1-2-6-19(17)25-18-7-3-4-16-15(18)12-22(16)13-20(28)27(21(24)26-22)14-8-10-29-11-9-14/h1-7,14,25H,8-13H2,(H2,24,26)/t22-/m0/s1. The van der Waals surface area contributed by atoms with E-state index in [9.17, 15) is 4.79 Å². The van der Waals surface area contributed by atoms with Gasteiger partial charge in [0.2, 0.25) is 5.91 Å². The van der Waals surface area contributed by atoms with E-state index in [1.165, 1.54) is 5.56 Å². The van der Waals surface area contributed by atoms with Crippen molar-refractivity contribution >= 4 is 34.8 Å². The maximum Gasteiger partial charge on any atom is 0.232 e. The van der Waals surface area contributed by atoms with Crippen LogP contribution in [0.2, 0.25) is 5.02 Å². The molecule has 2 aliphatic heterocycles. The summed E-state index contributed by atoms with van der Waals surface area (Å²) >= 11 is 6.29. The zero-order valence-electron chi connectivity index (χ0n) is 16.0. The van der Waals surface area contributed by atoms with Crippen molar-refractivity contribution in [2.45, 2.75) is 37.3 Å². The number of para-hydroxylation sites is 1. The minimum absolute atomic E-state index is 0.0239. The summed E-state index contributed by atoms with van der Waals surface area (Å²) in [6.45, 7) is 1.29. The Morgan fingerprint density at radius 3 is 2.62 bits per heavy atom. The molecule has 2 aromatic carbocycles. The predicted molar refractivity (Wildman–Crippen MR) is 113 cm³/mol. The molecule has 3 N–H and O–H groups in total. The van der Waals surface area contributed by atoms with Gasteiger partial charge in [-0.05, 0) is 42.2 Å². The third-order valence-corrected chi connectivity index (χ3v) is 6.52. The fraction of sp³-hybridized carbons (Fsp3) is 0.364. The van der Waals surface area contributed by atoms with Crippen molar-refractivity contribution in [1.29, 1.82) is 5.41 Å². The molecule has 1 spiro atoms. The van der Waals surface area contributed by atoms with Gasteiger partial charge in [-0.15, -0.1) is 0 Å². The minimum atomic E-state index is -0.483. The van der Waals surface area contributed by atoms with Crippen molar-refractivity contribution in [2.24, 2.45) is 0 Å². The van der Waals surface area contributed by atoms with Gasteiger partial charge >= 0.3 is 0 Å². The Morgan fingerprint density at radius 2 is 1.86 bits per heavy atom. The van der Waals surface area contributed by atoms with E-state index in [-0.39, 0.29) is 17.9 Å². The molecular weight excluding hydrogens is 388 g/mol. The van der Waals surface area contributed by atoms with E-state index in [1.807, 2.05) is 42.5 Å². The van der Waals surface area contributed by atoms with E-state index in [0.29, 0.717) is 31.1 Å². The molecule has 2 aromatic rings. The first kappa shape index (κ1) is 18.5. The normalized spacial score (nSPS) is 24.1. The molecule has 0 saturated carbocycles. The van der Waals surface area contributed by atoms with Crippen LogP contribution in [0.4, 0.5) is 11.4 Å². The number of anilines is 2. The number of carbonyl (C=O) groups excluding carboxylic acids is 1. The molecule has 3 aliphatic rings. The summed E-state index contributed by atoms with van der Waals surface area (Å²) in [5, 5.41) is 16.0. The lowest BCUT2D eigenvalue weighted by Gasteiger charge is -2.51. The molecule has 1 amide bonds. The summed E-state index contributed by atoms with van der Waals surface area (Å²) in [6.07, 6.45) is 2.64. The fourth-order valence-corrected chi connectivity index (χ4v) is 4.92. The zero-order chi connectivity index (χ0) is 20.0. The molecular formula is C22H23ClN4O2. The summed E-state index contributed by atoms with van der Waals surface area (Å²) in [7, 11) is 0. The van der Waals surface area contributed by atoms with Crippen LogP contribution < -0.4 is 10.6 Å². The number of fused-ring (bicyclic) bond motifs is 2. The average molecular weight is 411 g/mol. The van der Waals surface area contributed by atoms with Gasteiger partial charge in [0.05, 0.1) is 22.7 Å². The van der Waals surface area contributed by atoms with Gasteiger partial charge in [-0.3, -0.25) is 15.1 Å². The van der Waals surface area contributed by atoms with Gasteiger partial charge in [-0.2, -0.15) is 0 Å². The monoisotopic (exact) mass is 410 g/mol. The lowest BCUT2D eigenvalue weighted by Crippen LogP contribution is -2.66. The lowest BCUT2D eigenvalue weighted by molar-refractivity contribution is -0.134. The van der Waals surface area contributed by atoms with Crippen molar-refractivity contribution in [3.8, 4) is 0 Å². The van der Waals surface area contributed by atoms with Crippen molar-refractivity contribution in [1.82, 2.24) is 10.2 Å². The number of hydrogen-bond acceptors (Lipinski definition) is 4. The molecule has 5 rings (SSSR count). The Balaban J connectivity index is 1.39. The third-order valence-electron chi connectivity index (χ3n) is 6.19. The molecule has 6 nitrogen and oxygen atoms in total. The summed E-state index contributed by atoms with van der Waals surface area (Å²) < 4.78 is 5.41. The Hall–Kier alpha value is -2.57. The zero-order valence-corrected chi connectivity index (χ0v) is 16.8. The van der Waals surface area contributed by atoms with E-state index < -0.39 is 5.54 Å². The van der Waals surface area contributed by atoms with Gasteiger partial charge in [0.25, 0.3) is 0 Å². The van der Waals surface area contributed by atoms with E-state index in [0.717, 1.165) is 29.8 Å². The number of benzene rings is 2. The van der Waals surface area contributed by atoms with Gasteiger partial charge in [0.1, 0.15) is 0 Å². The van der Waals surface area contributed by atoms with Crippen LogP contribution in [0.25, 0.3) is 0 Å². The second-order valence-electron chi connectivity index (χ2n) is 7.95. The Labute approximate surface area is 174 Å². The van der Waals surface area contributed by atoms with E-state index in [2.05, 4.69) is 10.6 Å². The Bertz CT molecular complexity index is 969. The van der Waals surface area contributed by atoms with Gasteiger partial charge < -0.3 is 15.4 Å². The Morgan fingerprint density at radius 1 is 1.10 bits per heavy atom. The number of carbonyl (C=O) groups is 1. The molecule has 150 valence electrons. The fourth-order valence-electron chi connectivity index (χ4n) is 4.74. The highest BCUT2D eigenvalue weighted by atomic mass is 35.5. The first-order valence-electron chi connectivity index (χ1n) is 9.98. The summed E-state index contributed by atoms with van der Waals surface area (Å²) in [4.78, 5) is 14.7. The van der Waals surface area contributed by atoms with Crippen LogP contribution in [0.3, 0.4) is 0 Å². The smallest absolute Gasteiger partial charge is 0.232 e. The number of nitrogens with one attached hydrogen (secondary N) is 3. The first-order chi connectivity index (χ1) is 14.1. The highest BCUT2D eigenvalue weighted by molar-refractivity contribution is 6.33. The van der Waals surface area contributed by atoms with Gasteiger partial charge in [-0.25, -0.2) is 0 Å². The van der Waals surface area contributed by atoms with Crippen LogP contribution in [-0.4, -0.2) is 36.0 Å². The molecule has 0 bridgehead atoms. The number of hydrogen-bond donors (Lipinski definition) is 3. The molecule has 2 heterocycles. The largest absolute Gasteiger partial charge is 0.381 e. The van der Waals surface area contributed by atoms with Gasteiger partial charge in [-0.1, -0.05) is 35.9 Å². The molecule has 0 unspecified atom stereocenters. The lowest BCUT2D eigenvalue weighted by atomic mass is 9.67. The van der Waals surface area contributed by atoms with E-state index >= 15 is 0 Å². The maximum atomic E-state index is 13.0. The van der Waals surface area contributed by atoms with Gasteiger partial charge in [0, 0.05) is 31.4 Å². The number of nitrogens with zero attached hydrogens (tertiary/aromatic N) is 1. The molecule has 2 fully saturated rings. The molecule has 2 saturated heterocycles. The van der Waals surface area contributed by atoms with Crippen LogP contribution >= 0.6 is 11.6 Å². The molecule has 1 atom stereocenters. The number of rotatable bonds is 3. The summed E-state index contributed by atoms with van der Waals surface area (Å²) in [5.41, 5.74) is 3.62. The predicted octanol–water partition coefficient (Wildman–Crippen LogP) is 3.77. The average Bonchev–Trinajstić information content (AvgIpc) is 2.70. The van der Waals surface area contributed by atoms with Gasteiger partial charge in [0.15, 0.2) is 5.96 Å². The quantitative estimate of drug-likeness (QED) is 0.719. The van der Waals surface area contributed by atoms with E-state index in [1.54, 1.807) is 4.90 Å². The maximum absolute atomic E-state index is 13.0. The van der Waals surface area contributed by atoms with Crippen LogP contribution in [0, 0.1) is 5.41 Å².